The van der Waals surface area contributed by atoms with Gasteiger partial charge >= 0.3 is 5.97 Å². The highest BCUT2D eigenvalue weighted by Gasteiger charge is 2.12. The molecule has 28 heavy (non-hydrogen) atoms. The van der Waals surface area contributed by atoms with Gasteiger partial charge in [0.1, 0.15) is 0 Å². The molecule has 4 rings (SSSR count). The number of hydrogen-bond acceptors (Lipinski definition) is 8. The highest BCUT2D eigenvalue weighted by Crippen LogP contribution is 2.28. The summed E-state index contributed by atoms with van der Waals surface area (Å²) in [6.07, 6.45) is 5.02. The Kier molecular flexibility index (Phi) is 4.58. The summed E-state index contributed by atoms with van der Waals surface area (Å²) in [6, 6.07) is 8.66. The molecule has 1 aromatic carbocycles. The van der Waals surface area contributed by atoms with Crippen molar-refractivity contribution in [3.8, 4) is 22.9 Å². The summed E-state index contributed by atoms with van der Waals surface area (Å²) in [6.45, 7) is 1.32. The number of pyridine rings is 1. The number of esters is 1. The molecule has 0 N–H and O–H groups in total. The minimum Gasteiger partial charge on any atom is -0.493 e. The molecule has 0 radical (unpaired) electrons. The number of ether oxygens (including phenoxy) is 2. The van der Waals surface area contributed by atoms with Crippen LogP contribution in [0.5, 0.6) is 11.5 Å². The van der Waals surface area contributed by atoms with Crippen LogP contribution in [-0.4, -0.2) is 32.7 Å². The minimum atomic E-state index is -0.438. The second-order valence-corrected chi connectivity index (χ2v) is 6.80. The van der Waals surface area contributed by atoms with Crippen molar-refractivity contribution in [1.29, 1.82) is 0 Å². The second-order valence-electron chi connectivity index (χ2n) is 5.79. The molecule has 8 nitrogen and oxygen atoms in total. The van der Waals surface area contributed by atoms with E-state index in [9.17, 15) is 9.59 Å². The highest BCUT2D eigenvalue weighted by molar-refractivity contribution is 7.15. The molecule has 4 aromatic rings. The molecule has 0 aliphatic carbocycles. The van der Waals surface area contributed by atoms with Crippen LogP contribution in [0, 0.1) is 0 Å². The maximum absolute atomic E-state index is 12.7. The van der Waals surface area contributed by atoms with Crippen LogP contribution in [0.15, 0.2) is 47.5 Å². The van der Waals surface area contributed by atoms with E-state index in [1.54, 1.807) is 42.7 Å². The second kappa shape index (κ2) is 7.20. The van der Waals surface area contributed by atoms with Crippen LogP contribution >= 0.6 is 11.3 Å². The van der Waals surface area contributed by atoms with Gasteiger partial charge in [-0.25, -0.2) is 0 Å². The average molecular weight is 394 g/mol. The number of rotatable bonds is 4. The molecular formula is C19H14N4O4S. The number of thiazole rings is 1. The predicted molar refractivity (Wildman–Crippen MR) is 103 cm³/mol. The van der Waals surface area contributed by atoms with Crippen LogP contribution in [0.4, 0.5) is 0 Å². The van der Waals surface area contributed by atoms with E-state index in [2.05, 4.69) is 15.1 Å². The van der Waals surface area contributed by atoms with E-state index in [1.807, 2.05) is 6.07 Å². The Hall–Kier alpha value is -3.59. The molecule has 0 fully saturated rings. The molecule has 0 bridgehead atoms. The number of methoxy groups -OCH3 is 1. The Labute approximate surface area is 162 Å². The van der Waals surface area contributed by atoms with Gasteiger partial charge in [0.25, 0.3) is 5.56 Å². The van der Waals surface area contributed by atoms with Crippen LogP contribution in [-0.2, 0) is 4.79 Å². The van der Waals surface area contributed by atoms with Crippen LogP contribution in [0.3, 0.4) is 0 Å². The van der Waals surface area contributed by atoms with E-state index in [0.717, 1.165) is 11.1 Å². The molecule has 3 heterocycles. The third-order valence-corrected chi connectivity index (χ3v) is 4.80. The molecule has 0 aliphatic rings. The van der Waals surface area contributed by atoms with E-state index in [4.69, 9.17) is 9.47 Å². The number of carbonyl (C=O) groups excluding carboxylic acids is 1. The molecule has 0 atom stereocenters. The van der Waals surface area contributed by atoms with Crippen molar-refractivity contribution in [1.82, 2.24) is 19.6 Å². The first-order chi connectivity index (χ1) is 13.5. The first-order valence-electron chi connectivity index (χ1n) is 8.23. The third kappa shape index (κ3) is 3.35. The fraction of sp³-hybridized carbons (Fsp3) is 0.105. The van der Waals surface area contributed by atoms with Crippen molar-refractivity contribution in [3.63, 3.8) is 0 Å². The normalized spacial score (nSPS) is 11.7. The Balaban J connectivity index is 1.74. The zero-order chi connectivity index (χ0) is 19.7. The summed E-state index contributed by atoms with van der Waals surface area (Å²) in [7, 11) is 1.48. The molecule has 0 aliphatic heterocycles. The van der Waals surface area contributed by atoms with Crippen LogP contribution in [0.25, 0.3) is 22.4 Å². The predicted octanol–water partition coefficient (Wildman–Crippen LogP) is 1.69. The summed E-state index contributed by atoms with van der Waals surface area (Å²) < 4.78 is 12.1. The number of hydrogen-bond donors (Lipinski definition) is 0. The fourth-order valence-electron chi connectivity index (χ4n) is 2.62. The van der Waals surface area contributed by atoms with Gasteiger partial charge in [0.15, 0.2) is 17.3 Å². The van der Waals surface area contributed by atoms with Gasteiger partial charge in [0, 0.05) is 24.9 Å². The molecule has 0 amide bonds. The van der Waals surface area contributed by atoms with Gasteiger partial charge < -0.3 is 9.47 Å². The summed E-state index contributed by atoms with van der Waals surface area (Å²) >= 11 is 1.24. The van der Waals surface area contributed by atoms with Crippen molar-refractivity contribution in [2.75, 3.05) is 7.11 Å². The summed E-state index contributed by atoms with van der Waals surface area (Å²) in [5.74, 6) is 0.732. The van der Waals surface area contributed by atoms with Crippen molar-refractivity contribution < 1.29 is 14.3 Å². The summed E-state index contributed by atoms with van der Waals surface area (Å²) in [4.78, 5) is 32.8. The molecule has 0 unspecified atom stereocenters. The lowest BCUT2D eigenvalue weighted by atomic mass is 10.2. The summed E-state index contributed by atoms with van der Waals surface area (Å²) in [5, 5.41) is 4.29. The molecule has 9 heteroatoms. The SMILES string of the molecule is COc1cc(/C=c2\sc3nc(-c4cccnc4)nn3c2=O)ccc1OC(C)=O. The Morgan fingerprint density at radius 2 is 2.11 bits per heavy atom. The van der Waals surface area contributed by atoms with E-state index < -0.39 is 5.97 Å². The topological polar surface area (TPSA) is 95.7 Å². The Morgan fingerprint density at radius 3 is 2.79 bits per heavy atom. The van der Waals surface area contributed by atoms with E-state index in [-0.39, 0.29) is 5.56 Å². The molecule has 3 aromatic heterocycles. The number of aromatic nitrogens is 4. The van der Waals surface area contributed by atoms with E-state index in [1.165, 1.54) is 29.9 Å². The van der Waals surface area contributed by atoms with E-state index >= 15 is 0 Å². The van der Waals surface area contributed by atoms with E-state index in [0.29, 0.717) is 26.8 Å². The molecule has 0 spiro atoms. The van der Waals surface area contributed by atoms with Crippen LogP contribution in [0.1, 0.15) is 12.5 Å². The molecule has 0 saturated carbocycles. The lowest BCUT2D eigenvalue weighted by Gasteiger charge is -2.08. The standard InChI is InChI=1S/C19H14N4O4S/c1-11(24)27-14-6-5-12(8-15(14)26-2)9-16-18(25)23-19(28-16)21-17(22-23)13-4-3-7-20-10-13/h3-10H,1-2H3/b16-9-. The number of benzene rings is 1. The minimum absolute atomic E-state index is 0.259. The quantitative estimate of drug-likeness (QED) is 0.384. The number of carbonyl (C=O) groups is 1. The van der Waals surface area contributed by atoms with Gasteiger partial charge in [0.05, 0.1) is 11.6 Å². The van der Waals surface area contributed by atoms with Gasteiger partial charge in [-0.1, -0.05) is 17.4 Å². The monoisotopic (exact) mass is 394 g/mol. The fourth-order valence-corrected chi connectivity index (χ4v) is 3.52. The van der Waals surface area contributed by atoms with Gasteiger partial charge in [-0.15, -0.1) is 5.10 Å². The largest absolute Gasteiger partial charge is 0.493 e. The highest BCUT2D eigenvalue weighted by atomic mass is 32.1. The Bertz CT molecular complexity index is 1280. The molecular weight excluding hydrogens is 380 g/mol. The van der Waals surface area contributed by atoms with Crippen molar-refractivity contribution in [2.24, 2.45) is 0 Å². The van der Waals surface area contributed by atoms with Crippen LogP contribution < -0.4 is 19.6 Å². The van der Waals surface area contributed by atoms with Gasteiger partial charge in [0.2, 0.25) is 4.96 Å². The van der Waals surface area contributed by atoms with Crippen molar-refractivity contribution in [2.45, 2.75) is 6.92 Å². The first kappa shape index (κ1) is 17.8. The van der Waals surface area contributed by atoms with Crippen molar-refractivity contribution in [3.05, 3.63) is 63.2 Å². The molecule has 140 valence electrons. The number of fused-ring (bicyclic) bond motifs is 1. The lowest BCUT2D eigenvalue weighted by molar-refractivity contribution is -0.132. The lowest BCUT2D eigenvalue weighted by Crippen LogP contribution is -2.23. The zero-order valence-corrected chi connectivity index (χ0v) is 15.8. The van der Waals surface area contributed by atoms with Gasteiger partial charge in [-0.2, -0.15) is 9.50 Å². The zero-order valence-electron chi connectivity index (χ0n) is 14.9. The first-order valence-corrected chi connectivity index (χ1v) is 9.05. The Morgan fingerprint density at radius 1 is 1.25 bits per heavy atom. The average Bonchev–Trinajstić information content (AvgIpc) is 3.23. The van der Waals surface area contributed by atoms with Crippen LogP contribution in [0.2, 0.25) is 0 Å². The third-order valence-electron chi connectivity index (χ3n) is 3.84. The molecule has 0 saturated heterocycles. The maximum atomic E-state index is 12.7. The van der Waals surface area contributed by atoms with Gasteiger partial charge in [-0.05, 0) is 35.9 Å². The summed E-state index contributed by atoms with van der Waals surface area (Å²) in [5.41, 5.74) is 1.21. The smallest absolute Gasteiger partial charge is 0.308 e. The maximum Gasteiger partial charge on any atom is 0.308 e. The van der Waals surface area contributed by atoms with Crippen molar-refractivity contribution >= 4 is 28.3 Å². The van der Waals surface area contributed by atoms with Gasteiger partial charge in [-0.3, -0.25) is 14.6 Å². The number of nitrogens with zero attached hydrogens (tertiary/aromatic N) is 4.